The third-order valence-corrected chi connectivity index (χ3v) is 5.91. The summed E-state index contributed by atoms with van der Waals surface area (Å²) in [5.41, 5.74) is 2.82. The molecule has 1 aromatic carbocycles. The first-order valence-electron chi connectivity index (χ1n) is 6.36. The number of para-hydroxylation sites is 1. The molecule has 0 radical (unpaired) electrons. The number of aromatic nitrogens is 1. The molecule has 22 heavy (non-hydrogen) atoms. The van der Waals surface area contributed by atoms with Crippen molar-refractivity contribution in [2.24, 2.45) is 0 Å². The van der Waals surface area contributed by atoms with E-state index in [-0.39, 0.29) is 5.12 Å². The van der Waals surface area contributed by atoms with Crippen molar-refractivity contribution in [3.05, 3.63) is 49.9 Å². The van der Waals surface area contributed by atoms with E-state index < -0.39 is 0 Å². The molecule has 112 valence electrons. The Hall–Kier alpha value is -1.15. The van der Waals surface area contributed by atoms with E-state index in [1.165, 1.54) is 22.7 Å². The number of thiol groups is 1. The monoisotopic (exact) mass is 410 g/mol. The molecule has 0 saturated carbocycles. The molecule has 3 aromatic rings. The minimum atomic E-state index is -0.207. The maximum Gasteiger partial charge on any atom is 0.226 e. The Morgan fingerprint density at radius 3 is 2.82 bits per heavy atom. The number of rotatable bonds is 4. The summed E-state index contributed by atoms with van der Waals surface area (Å²) < 4.78 is 0.987. The van der Waals surface area contributed by atoms with Gasteiger partial charge in [-0.05, 0) is 41.1 Å². The number of nitrogens with zero attached hydrogens (tertiary/aromatic N) is 1. The van der Waals surface area contributed by atoms with Crippen LogP contribution in [0.1, 0.15) is 14.5 Å². The summed E-state index contributed by atoms with van der Waals surface area (Å²) in [6.07, 6.45) is 0. The van der Waals surface area contributed by atoms with E-state index in [4.69, 9.17) is 0 Å². The van der Waals surface area contributed by atoms with Crippen molar-refractivity contribution in [2.75, 3.05) is 5.32 Å². The van der Waals surface area contributed by atoms with Crippen LogP contribution in [0.15, 0.2) is 40.2 Å². The molecule has 3 rings (SSSR count). The van der Waals surface area contributed by atoms with Crippen LogP contribution < -0.4 is 5.32 Å². The molecule has 2 heterocycles. The highest BCUT2D eigenvalue weighted by Crippen LogP contribution is 2.35. The van der Waals surface area contributed by atoms with E-state index in [1.807, 2.05) is 42.6 Å². The lowest BCUT2D eigenvalue weighted by atomic mass is 10.2. The molecule has 0 aliphatic carbocycles. The summed E-state index contributed by atoms with van der Waals surface area (Å²) in [5.74, 6) is 0. The molecule has 0 saturated heterocycles. The number of carbonyl (C=O) groups is 1. The quantitative estimate of drug-likeness (QED) is 0.537. The van der Waals surface area contributed by atoms with Gasteiger partial charge in [0.15, 0.2) is 5.13 Å². The van der Waals surface area contributed by atoms with Crippen LogP contribution >= 0.6 is 51.2 Å². The SMILES string of the molecule is Cc1sc(C(=O)S)cc1-c1csc(Nc2ccccc2Br)n1. The highest BCUT2D eigenvalue weighted by atomic mass is 79.9. The average molecular weight is 411 g/mol. The third-order valence-electron chi connectivity index (χ3n) is 3.02. The predicted octanol–water partition coefficient (Wildman–Crippen LogP) is 5.76. The maximum atomic E-state index is 11.4. The summed E-state index contributed by atoms with van der Waals surface area (Å²) in [7, 11) is 0. The van der Waals surface area contributed by atoms with Gasteiger partial charge >= 0.3 is 0 Å². The van der Waals surface area contributed by atoms with Crippen LogP contribution in [0.4, 0.5) is 10.8 Å². The first kappa shape index (κ1) is 15.7. The van der Waals surface area contributed by atoms with Gasteiger partial charge in [-0.3, -0.25) is 4.79 Å². The van der Waals surface area contributed by atoms with Gasteiger partial charge in [-0.2, -0.15) is 0 Å². The van der Waals surface area contributed by atoms with Gasteiger partial charge in [0.05, 0.1) is 16.3 Å². The first-order chi connectivity index (χ1) is 10.5. The normalized spacial score (nSPS) is 10.7. The highest BCUT2D eigenvalue weighted by molar-refractivity contribution is 9.10. The summed E-state index contributed by atoms with van der Waals surface area (Å²) in [6, 6.07) is 9.75. The lowest BCUT2D eigenvalue weighted by molar-refractivity contribution is 0.109. The summed E-state index contributed by atoms with van der Waals surface area (Å²) in [6.45, 7) is 1.99. The van der Waals surface area contributed by atoms with Crippen molar-refractivity contribution in [3.8, 4) is 11.3 Å². The topological polar surface area (TPSA) is 42.0 Å². The molecule has 0 amide bonds. The van der Waals surface area contributed by atoms with Crippen molar-refractivity contribution in [2.45, 2.75) is 6.92 Å². The molecule has 0 unspecified atom stereocenters. The Morgan fingerprint density at radius 1 is 1.36 bits per heavy atom. The molecule has 0 aliphatic heterocycles. The molecule has 2 aromatic heterocycles. The van der Waals surface area contributed by atoms with Crippen LogP contribution in [0, 0.1) is 6.92 Å². The van der Waals surface area contributed by atoms with Crippen molar-refractivity contribution < 1.29 is 4.79 Å². The van der Waals surface area contributed by atoms with Gasteiger partial charge < -0.3 is 5.32 Å². The first-order valence-corrected chi connectivity index (χ1v) is 9.29. The molecular weight excluding hydrogens is 400 g/mol. The second kappa shape index (κ2) is 6.54. The molecule has 0 aliphatic rings. The minimum Gasteiger partial charge on any atom is -0.331 e. The zero-order valence-electron chi connectivity index (χ0n) is 11.5. The fraction of sp³-hybridized carbons (Fsp3) is 0.0667. The Kier molecular flexibility index (Phi) is 4.67. The standard InChI is InChI=1S/C15H11BrN2OS3/c1-8-9(6-13(22-8)14(19)20)12-7-21-15(18-12)17-11-5-3-2-4-10(11)16/h2-7H,1H3,(H,17,18)(H,19,20). The predicted molar refractivity (Wildman–Crippen MR) is 101 cm³/mol. The van der Waals surface area contributed by atoms with Gasteiger partial charge in [0.25, 0.3) is 0 Å². The number of carbonyl (C=O) groups excluding carboxylic acids is 1. The minimum absolute atomic E-state index is 0.207. The second-order valence-electron chi connectivity index (χ2n) is 4.53. The number of hydrogen-bond acceptors (Lipinski definition) is 5. The number of aryl methyl sites for hydroxylation is 1. The zero-order valence-corrected chi connectivity index (χ0v) is 15.6. The smallest absolute Gasteiger partial charge is 0.226 e. The summed E-state index contributed by atoms with van der Waals surface area (Å²) in [5, 5.41) is 5.88. The van der Waals surface area contributed by atoms with Crippen LogP contribution in [-0.2, 0) is 0 Å². The fourth-order valence-electron chi connectivity index (χ4n) is 1.97. The number of hydrogen-bond donors (Lipinski definition) is 2. The third kappa shape index (κ3) is 3.27. The molecular formula is C15H11BrN2OS3. The number of anilines is 2. The van der Waals surface area contributed by atoms with E-state index in [1.54, 1.807) is 0 Å². The molecule has 0 atom stereocenters. The van der Waals surface area contributed by atoms with Crippen molar-refractivity contribution >= 4 is 67.2 Å². The van der Waals surface area contributed by atoms with Crippen molar-refractivity contribution in [1.82, 2.24) is 4.98 Å². The number of nitrogens with one attached hydrogen (secondary N) is 1. The van der Waals surface area contributed by atoms with Crippen LogP contribution in [0.5, 0.6) is 0 Å². The Labute approximate surface area is 150 Å². The van der Waals surface area contributed by atoms with E-state index >= 15 is 0 Å². The van der Waals surface area contributed by atoms with Crippen LogP contribution in [0.2, 0.25) is 0 Å². The molecule has 7 heteroatoms. The second-order valence-corrected chi connectivity index (χ2v) is 7.90. The number of benzene rings is 1. The Bertz CT molecular complexity index is 841. The van der Waals surface area contributed by atoms with E-state index in [2.05, 4.69) is 38.9 Å². The van der Waals surface area contributed by atoms with Gasteiger partial charge in [-0.15, -0.1) is 22.7 Å². The zero-order chi connectivity index (χ0) is 15.7. The van der Waals surface area contributed by atoms with E-state index in [0.29, 0.717) is 4.88 Å². The van der Waals surface area contributed by atoms with Gasteiger partial charge in [-0.1, -0.05) is 24.8 Å². The number of halogens is 1. The van der Waals surface area contributed by atoms with Gasteiger partial charge in [0, 0.05) is 20.3 Å². The van der Waals surface area contributed by atoms with Gasteiger partial charge in [-0.25, -0.2) is 4.98 Å². The molecule has 0 fully saturated rings. The molecule has 0 bridgehead atoms. The summed E-state index contributed by atoms with van der Waals surface area (Å²) >= 11 is 10.4. The molecule has 0 spiro atoms. The van der Waals surface area contributed by atoms with Gasteiger partial charge in [0.2, 0.25) is 5.12 Å². The largest absolute Gasteiger partial charge is 0.331 e. The fourth-order valence-corrected chi connectivity index (χ4v) is 4.15. The number of thiazole rings is 1. The average Bonchev–Trinajstić information content (AvgIpc) is 3.08. The van der Waals surface area contributed by atoms with E-state index in [9.17, 15) is 4.79 Å². The lowest BCUT2D eigenvalue weighted by Crippen LogP contribution is -1.90. The van der Waals surface area contributed by atoms with Crippen LogP contribution in [0.25, 0.3) is 11.3 Å². The molecule has 1 N–H and O–H groups in total. The Morgan fingerprint density at radius 2 is 2.14 bits per heavy atom. The lowest BCUT2D eigenvalue weighted by Gasteiger charge is -2.04. The highest BCUT2D eigenvalue weighted by Gasteiger charge is 2.14. The Balaban J connectivity index is 1.88. The molecule has 3 nitrogen and oxygen atoms in total. The van der Waals surface area contributed by atoms with Crippen molar-refractivity contribution in [1.29, 1.82) is 0 Å². The van der Waals surface area contributed by atoms with Crippen molar-refractivity contribution in [3.63, 3.8) is 0 Å². The number of thiophene rings is 1. The van der Waals surface area contributed by atoms with Gasteiger partial charge in [0.1, 0.15) is 0 Å². The maximum absolute atomic E-state index is 11.4. The van der Waals surface area contributed by atoms with Crippen LogP contribution in [-0.4, -0.2) is 10.1 Å². The van der Waals surface area contributed by atoms with E-state index in [0.717, 1.165) is 31.4 Å². The van der Waals surface area contributed by atoms with Crippen LogP contribution in [0.3, 0.4) is 0 Å². The summed E-state index contributed by atoms with van der Waals surface area (Å²) in [4.78, 5) is 17.7.